The maximum Gasteiger partial charge on any atom is 0.367 e. The van der Waals surface area contributed by atoms with Gasteiger partial charge in [0.2, 0.25) is 5.01 Å². The molecular weight excluding hydrogens is 298 g/mol. The second-order valence-corrected chi connectivity index (χ2v) is 5.48. The van der Waals surface area contributed by atoms with E-state index in [2.05, 4.69) is 9.72 Å². The fourth-order valence-corrected chi connectivity index (χ4v) is 3.12. The molecule has 104 valence electrons. The van der Waals surface area contributed by atoms with E-state index in [1.54, 1.807) is 12.1 Å². The van der Waals surface area contributed by atoms with Crippen molar-refractivity contribution in [2.45, 2.75) is 10.8 Å². The predicted molar refractivity (Wildman–Crippen MR) is 76.1 cm³/mol. The summed E-state index contributed by atoms with van der Waals surface area (Å²) in [6.45, 7) is 0.396. The molecule has 2 rings (SSSR count). The van der Waals surface area contributed by atoms with Crippen molar-refractivity contribution in [2.24, 2.45) is 0 Å². The van der Waals surface area contributed by atoms with Crippen LogP contribution in [0, 0.1) is 0 Å². The van der Waals surface area contributed by atoms with Gasteiger partial charge >= 0.3 is 5.97 Å². The van der Waals surface area contributed by atoms with E-state index in [1.165, 1.54) is 30.2 Å². The summed E-state index contributed by atoms with van der Waals surface area (Å²) in [5.41, 5.74) is 1.07. The van der Waals surface area contributed by atoms with Crippen molar-refractivity contribution in [1.29, 1.82) is 0 Å². The minimum Gasteiger partial charge on any atom is -0.464 e. The highest BCUT2D eigenvalue weighted by molar-refractivity contribution is 7.98. The first-order valence-corrected chi connectivity index (χ1v) is 7.45. The van der Waals surface area contributed by atoms with Gasteiger partial charge in [-0.15, -0.1) is 23.1 Å². The third kappa shape index (κ3) is 3.82. The summed E-state index contributed by atoms with van der Waals surface area (Å²) in [6, 6.07) is 7.20. The van der Waals surface area contributed by atoms with Gasteiger partial charge in [0.1, 0.15) is 10.8 Å². The van der Waals surface area contributed by atoms with Crippen LogP contribution in [-0.4, -0.2) is 24.5 Å². The molecule has 2 aromatic rings. The molecule has 0 aliphatic carbocycles. The fraction of sp³-hybridized carbons (Fsp3) is 0.154. The van der Waals surface area contributed by atoms with Crippen molar-refractivity contribution in [3.63, 3.8) is 0 Å². The zero-order chi connectivity index (χ0) is 14.4. The number of hydrogen-bond acceptors (Lipinski definition) is 7. The molecule has 7 heteroatoms. The van der Waals surface area contributed by atoms with Crippen molar-refractivity contribution >= 4 is 35.5 Å². The lowest BCUT2D eigenvalue weighted by molar-refractivity contribution is -0.120. The maximum absolute atomic E-state index is 11.3. The average molecular weight is 309 g/mol. The molecule has 0 saturated heterocycles. The number of carbonyl (C=O) groups is 2. The second-order valence-electron chi connectivity index (χ2n) is 3.63. The summed E-state index contributed by atoms with van der Waals surface area (Å²) in [7, 11) is 1.33. The van der Waals surface area contributed by atoms with Gasteiger partial charge in [-0.2, -0.15) is 0 Å². The van der Waals surface area contributed by atoms with Crippen molar-refractivity contribution in [2.75, 3.05) is 7.11 Å². The monoisotopic (exact) mass is 309 g/mol. The van der Waals surface area contributed by atoms with Crippen LogP contribution in [0.2, 0.25) is 0 Å². The number of aromatic nitrogens is 1. The molecular formula is C13H11NO4S2. The molecule has 0 atom stereocenters. The molecule has 0 unspecified atom stereocenters. The molecule has 0 radical (unpaired) electrons. The number of thioether (sulfide) groups is 1. The summed E-state index contributed by atoms with van der Waals surface area (Å²) >= 11 is 2.78. The van der Waals surface area contributed by atoms with Crippen LogP contribution >= 0.6 is 23.1 Å². The van der Waals surface area contributed by atoms with Gasteiger partial charge in [-0.1, -0.05) is 12.1 Å². The fourth-order valence-electron chi connectivity index (χ4n) is 1.38. The van der Waals surface area contributed by atoms with Gasteiger partial charge in [0.05, 0.1) is 7.11 Å². The standard InChI is InChI=1S/C13H11NO4S2/c1-17-13(16)12-14-11(7-20-12)19-6-9-2-4-10(5-3-9)18-8-15/h2-5,7-8H,6H2,1H3. The number of benzene rings is 1. The normalized spacial score (nSPS) is 10.1. The molecule has 0 fully saturated rings. The summed E-state index contributed by atoms with van der Waals surface area (Å²) in [6.07, 6.45) is 0. The first-order chi connectivity index (χ1) is 9.72. The largest absolute Gasteiger partial charge is 0.464 e. The van der Waals surface area contributed by atoms with Gasteiger partial charge in [-0.3, -0.25) is 4.79 Å². The Morgan fingerprint density at radius 2 is 2.15 bits per heavy atom. The first-order valence-electron chi connectivity index (χ1n) is 5.59. The highest BCUT2D eigenvalue weighted by Crippen LogP contribution is 2.25. The molecule has 0 amide bonds. The number of nitrogens with zero attached hydrogens (tertiary/aromatic N) is 1. The van der Waals surface area contributed by atoms with Crippen LogP contribution in [-0.2, 0) is 15.3 Å². The average Bonchev–Trinajstić information content (AvgIpc) is 2.95. The molecule has 0 aliphatic rings. The van der Waals surface area contributed by atoms with Crippen molar-refractivity contribution in [3.8, 4) is 5.75 Å². The Labute approximate surface area is 123 Å². The summed E-state index contributed by atoms with van der Waals surface area (Å²) in [5, 5.41) is 2.95. The molecule has 0 spiro atoms. The second kappa shape index (κ2) is 7.06. The molecule has 1 heterocycles. The molecule has 5 nitrogen and oxygen atoms in total. The molecule has 0 saturated carbocycles. The molecule has 1 aromatic carbocycles. The van der Waals surface area contributed by atoms with E-state index in [0.717, 1.165) is 10.6 Å². The van der Waals surface area contributed by atoms with Crippen LogP contribution in [0.1, 0.15) is 15.4 Å². The number of rotatable bonds is 6. The number of esters is 1. The van der Waals surface area contributed by atoms with Crippen LogP contribution in [0.5, 0.6) is 5.75 Å². The van der Waals surface area contributed by atoms with Gasteiger partial charge in [0.15, 0.2) is 0 Å². The van der Waals surface area contributed by atoms with Gasteiger partial charge in [0, 0.05) is 11.1 Å². The van der Waals surface area contributed by atoms with Crippen molar-refractivity contribution in [3.05, 3.63) is 40.2 Å². The van der Waals surface area contributed by atoms with Crippen LogP contribution in [0.3, 0.4) is 0 Å². The minimum atomic E-state index is -0.419. The quantitative estimate of drug-likeness (QED) is 0.464. The van der Waals surface area contributed by atoms with Crippen LogP contribution in [0.25, 0.3) is 0 Å². The Hall–Kier alpha value is -1.86. The maximum atomic E-state index is 11.3. The van der Waals surface area contributed by atoms with E-state index in [4.69, 9.17) is 4.74 Å². The van der Waals surface area contributed by atoms with Crippen molar-refractivity contribution in [1.82, 2.24) is 4.98 Å². The Morgan fingerprint density at radius 3 is 2.80 bits per heavy atom. The zero-order valence-electron chi connectivity index (χ0n) is 10.6. The highest BCUT2D eigenvalue weighted by Gasteiger charge is 2.11. The van der Waals surface area contributed by atoms with E-state index in [-0.39, 0.29) is 0 Å². The Balaban J connectivity index is 1.93. The van der Waals surface area contributed by atoms with E-state index in [1.807, 2.05) is 17.5 Å². The Bertz CT molecular complexity index is 595. The summed E-state index contributed by atoms with van der Waals surface area (Å²) in [4.78, 5) is 25.6. The molecule has 0 N–H and O–H groups in total. The Kier molecular flexibility index (Phi) is 5.14. The third-order valence-electron chi connectivity index (χ3n) is 2.34. The van der Waals surface area contributed by atoms with Gasteiger partial charge in [0.25, 0.3) is 6.47 Å². The van der Waals surface area contributed by atoms with E-state index in [0.29, 0.717) is 23.0 Å². The summed E-state index contributed by atoms with van der Waals surface area (Å²) in [5.74, 6) is 0.804. The van der Waals surface area contributed by atoms with E-state index >= 15 is 0 Å². The topological polar surface area (TPSA) is 65.5 Å². The smallest absolute Gasteiger partial charge is 0.367 e. The van der Waals surface area contributed by atoms with Crippen molar-refractivity contribution < 1.29 is 19.1 Å². The van der Waals surface area contributed by atoms with E-state index < -0.39 is 5.97 Å². The third-order valence-corrected chi connectivity index (χ3v) is 4.29. The predicted octanol–water partition coefficient (Wildman–Crippen LogP) is 2.76. The Morgan fingerprint density at radius 1 is 1.40 bits per heavy atom. The highest BCUT2D eigenvalue weighted by atomic mass is 32.2. The minimum absolute atomic E-state index is 0.352. The number of ether oxygens (including phenoxy) is 2. The lowest BCUT2D eigenvalue weighted by Gasteiger charge is -2.01. The number of carbonyl (C=O) groups excluding carboxylic acids is 2. The molecule has 0 bridgehead atoms. The van der Waals surface area contributed by atoms with Gasteiger partial charge in [-0.25, -0.2) is 9.78 Å². The van der Waals surface area contributed by atoms with Crippen LogP contribution < -0.4 is 4.74 Å². The summed E-state index contributed by atoms with van der Waals surface area (Å²) < 4.78 is 9.32. The molecule has 0 aliphatic heterocycles. The first kappa shape index (κ1) is 14.5. The van der Waals surface area contributed by atoms with Gasteiger partial charge < -0.3 is 9.47 Å². The SMILES string of the molecule is COC(=O)c1nc(SCc2ccc(OC=O)cc2)cs1. The van der Waals surface area contributed by atoms with E-state index in [9.17, 15) is 9.59 Å². The zero-order valence-corrected chi connectivity index (χ0v) is 12.2. The number of hydrogen-bond donors (Lipinski definition) is 0. The molecule has 1 aromatic heterocycles. The van der Waals surface area contributed by atoms with Gasteiger partial charge in [-0.05, 0) is 17.7 Å². The lowest BCUT2D eigenvalue weighted by Crippen LogP contribution is -1.99. The number of thiazole rings is 1. The van der Waals surface area contributed by atoms with Crippen LogP contribution in [0.15, 0.2) is 34.7 Å². The number of methoxy groups -OCH3 is 1. The van der Waals surface area contributed by atoms with Crippen LogP contribution in [0.4, 0.5) is 0 Å². The lowest BCUT2D eigenvalue weighted by atomic mass is 10.2. The molecule has 20 heavy (non-hydrogen) atoms.